The van der Waals surface area contributed by atoms with E-state index in [0.717, 1.165) is 77.0 Å². The standard InChI is InChI=1S/3C8H19O3P.2Co/c3*1-3-5-6-8(4-2)7-12(9,10)11;;/h3*8H,3-7H2,1-2H3,(H2,9,10,11);;/q;;;2*+3/p-6. The van der Waals surface area contributed by atoms with Gasteiger partial charge in [0, 0.05) is 0 Å². The van der Waals surface area contributed by atoms with Gasteiger partial charge in [-0.2, -0.15) is 0 Å². The van der Waals surface area contributed by atoms with Crippen molar-refractivity contribution in [2.24, 2.45) is 17.8 Å². The SMILES string of the molecule is CCCCC(CC)CP(=O)([O-])[O-].CCCCC(CC)CP(=O)([O-])[O-].CCCCC(CC)CP(=O)([O-])[O-].[Co+3].[Co+3]. The molecule has 0 rings (SSSR count). The Bertz CT molecular complexity index is 554. The first-order valence-corrected chi connectivity index (χ1v) is 18.7. The van der Waals surface area contributed by atoms with E-state index in [9.17, 15) is 43.1 Å². The summed E-state index contributed by atoms with van der Waals surface area (Å²) in [6.45, 7) is 11.9. The van der Waals surface area contributed by atoms with E-state index in [1.54, 1.807) is 0 Å². The molecule has 0 aromatic heterocycles. The molecule has 0 heterocycles. The van der Waals surface area contributed by atoms with Gasteiger partial charge in [-0.25, -0.2) is 0 Å². The Hall–Kier alpha value is 1.46. The Labute approximate surface area is 253 Å². The first-order chi connectivity index (χ1) is 16.5. The summed E-state index contributed by atoms with van der Waals surface area (Å²) in [6.07, 6.45) is 10.7. The minimum atomic E-state index is -4.28. The van der Waals surface area contributed by atoms with Crippen molar-refractivity contribution < 1.29 is 76.6 Å². The second kappa shape index (κ2) is 28.6. The largest absolute Gasteiger partial charge is 3.00 e. The molecule has 0 aromatic rings. The Morgan fingerprint density at radius 1 is 0.447 bits per heavy atom. The summed E-state index contributed by atoms with van der Waals surface area (Å²) in [5.41, 5.74) is 0. The van der Waals surface area contributed by atoms with E-state index in [1.807, 2.05) is 20.8 Å². The van der Waals surface area contributed by atoms with Gasteiger partial charge in [0.05, 0.1) is 0 Å². The summed E-state index contributed by atoms with van der Waals surface area (Å²) < 4.78 is 31.3. The van der Waals surface area contributed by atoms with E-state index in [4.69, 9.17) is 0 Å². The summed E-state index contributed by atoms with van der Waals surface area (Å²) >= 11 is 0. The maximum absolute atomic E-state index is 10.4. The molecule has 0 saturated heterocycles. The molecule has 9 nitrogen and oxygen atoms in total. The summed E-state index contributed by atoms with van der Waals surface area (Å²) in [7, 11) is -12.8. The molecule has 0 fully saturated rings. The molecule has 0 saturated carbocycles. The molecule has 0 amide bonds. The van der Waals surface area contributed by atoms with Crippen molar-refractivity contribution in [3.8, 4) is 0 Å². The fraction of sp³-hybridized carbons (Fsp3) is 1.00. The molecule has 234 valence electrons. The molecule has 0 aliphatic carbocycles. The van der Waals surface area contributed by atoms with Crippen LogP contribution in [0, 0.1) is 17.8 Å². The van der Waals surface area contributed by atoms with Gasteiger partial charge in [-0.3, -0.25) is 0 Å². The molecule has 14 heteroatoms. The van der Waals surface area contributed by atoms with Crippen LogP contribution in [0.3, 0.4) is 0 Å². The second-order valence-electron chi connectivity index (χ2n) is 9.63. The van der Waals surface area contributed by atoms with Gasteiger partial charge in [0.2, 0.25) is 0 Å². The van der Waals surface area contributed by atoms with Gasteiger partial charge < -0.3 is 43.1 Å². The van der Waals surface area contributed by atoms with Gasteiger partial charge in [0.1, 0.15) is 0 Å². The van der Waals surface area contributed by atoms with Crippen molar-refractivity contribution in [3.63, 3.8) is 0 Å². The van der Waals surface area contributed by atoms with E-state index in [1.165, 1.54) is 0 Å². The third kappa shape index (κ3) is 41.9. The van der Waals surface area contributed by atoms with Gasteiger partial charge in [-0.15, -0.1) is 0 Å². The smallest absolute Gasteiger partial charge is 0.811 e. The van der Waals surface area contributed by atoms with Crippen LogP contribution in [0.2, 0.25) is 0 Å². The van der Waals surface area contributed by atoms with Crippen LogP contribution in [0.1, 0.15) is 119 Å². The monoisotopic (exact) mass is 694 g/mol. The molecule has 3 unspecified atom stereocenters. The average Bonchev–Trinajstić information content (AvgIpc) is 2.75. The van der Waals surface area contributed by atoms with E-state index in [0.29, 0.717) is 0 Å². The van der Waals surface area contributed by atoms with Crippen LogP contribution in [-0.2, 0) is 47.3 Å². The molecular weight excluding hydrogens is 643 g/mol. The van der Waals surface area contributed by atoms with Crippen LogP contribution in [0.4, 0.5) is 0 Å². The number of rotatable bonds is 18. The fourth-order valence-electron chi connectivity index (χ4n) is 3.70. The first kappa shape index (κ1) is 49.2. The Kier molecular flexibility index (Phi) is 37.0. The maximum Gasteiger partial charge on any atom is 3.00 e. The maximum atomic E-state index is 10.4. The molecule has 0 aromatic carbocycles. The Morgan fingerprint density at radius 3 is 0.737 bits per heavy atom. The number of unbranched alkanes of at least 4 members (excludes halogenated alkanes) is 3. The second-order valence-corrected chi connectivity index (χ2v) is 14.4. The van der Waals surface area contributed by atoms with E-state index in [2.05, 4.69) is 20.8 Å². The summed E-state index contributed by atoms with van der Waals surface area (Å²) in [4.78, 5) is 62.6. The average molecular weight is 694 g/mol. The predicted molar refractivity (Wildman–Crippen MR) is 137 cm³/mol. The minimum absolute atomic E-state index is 0. The van der Waals surface area contributed by atoms with Crippen molar-refractivity contribution in [1.82, 2.24) is 0 Å². The van der Waals surface area contributed by atoms with Crippen LogP contribution in [0.5, 0.6) is 0 Å². The molecule has 0 radical (unpaired) electrons. The zero-order chi connectivity index (χ0) is 28.8. The van der Waals surface area contributed by atoms with Gasteiger partial charge in [0.15, 0.2) is 0 Å². The van der Waals surface area contributed by atoms with Crippen LogP contribution in [0.15, 0.2) is 0 Å². The normalized spacial score (nSPS) is 13.9. The zero-order valence-electron chi connectivity index (χ0n) is 24.0. The molecule has 0 N–H and O–H groups in total. The molecular formula is C24H51Co2O9P3. The fourth-order valence-corrected chi connectivity index (χ4v) is 6.92. The molecule has 0 aliphatic rings. The minimum Gasteiger partial charge on any atom is -0.811 e. The van der Waals surface area contributed by atoms with Crippen molar-refractivity contribution in [3.05, 3.63) is 0 Å². The van der Waals surface area contributed by atoms with Gasteiger partial charge in [0.25, 0.3) is 0 Å². The van der Waals surface area contributed by atoms with E-state index >= 15 is 0 Å². The van der Waals surface area contributed by atoms with E-state index in [-0.39, 0.29) is 69.8 Å². The molecule has 0 bridgehead atoms. The summed E-state index contributed by atoms with van der Waals surface area (Å²) in [6, 6.07) is 0. The number of hydrogen-bond acceptors (Lipinski definition) is 9. The molecule has 38 heavy (non-hydrogen) atoms. The van der Waals surface area contributed by atoms with Gasteiger partial charge in [-0.05, 0) is 36.2 Å². The van der Waals surface area contributed by atoms with Crippen LogP contribution in [-0.4, -0.2) is 18.5 Å². The van der Waals surface area contributed by atoms with E-state index < -0.39 is 22.8 Å². The van der Waals surface area contributed by atoms with Crippen molar-refractivity contribution in [2.75, 3.05) is 18.5 Å². The number of hydrogen-bond donors (Lipinski definition) is 0. The van der Waals surface area contributed by atoms with Crippen LogP contribution in [0.25, 0.3) is 0 Å². The Balaban J connectivity index is -0.000000140. The van der Waals surface area contributed by atoms with Crippen molar-refractivity contribution in [2.45, 2.75) is 119 Å². The third-order valence-electron chi connectivity index (χ3n) is 6.08. The third-order valence-corrected chi connectivity index (χ3v) is 8.97. The quantitative estimate of drug-likeness (QED) is 0.194. The molecule has 3 atom stereocenters. The van der Waals surface area contributed by atoms with Crippen LogP contribution < -0.4 is 29.4 Å². The topological polar surface area (TPSA) is 190 Å². The van der Waals surface area contributed by atoms with Gasteiger partial charge in [-0.1, -0.05) is 141 Å². The summed E-state index contributed by atoms with van der Waals surface area (Å²) in [5.74, 6) is 0.224. The van der Waals surface area contributed by atoms with Crippen molar-refractivity contribution in [1.29, 1.82) is 0 Å². The molecule has 0 aliphatic heterocycles. The Morgan fingerprint density at radius 2 is 0.632 bits per heavy atom. The van der Waals surface area contributed by atoms with Crippen molar-refractivity contribution >= 4 is 22.8 Å². The zero-order valence-corrected chi connectivity index (χ0v) is 28.8. The molecule has 0 spiro atoms. The summed E-state index contributed by atoms with van der Waals surface area (Å²) in [5, 5.41) is 0. The predicted octanol–water partition coefficient (Wildman–Crippen LogP) is 3.34. The first-order valence-electron chi connectivity index (χ1n) is 13.5. The van der Waals surface area contributed by atoms with Gasteiger partial charge >= 0.3 is 33.6 Å². The van der Waals surface area contributed by atoms with Crippen LogP contribution >= 0.6 is 22.8 Å².